The second-order valence-electron chi connectivity index (χ2n) is 4.75. The molecule has 1 rings (SSSR count). The number of nitriles is 1. The van der Waals surface area contributed by atoms with Gasteiger partial charge in [-0.3, -0.25) is 0 Å². The molecule has 0 aliphatic heterocycles. The summed E-state index contributed by atoms with van der Waals surface area (Å²) in [5.74, 6) is -0.470. The highest BCUT2D eigenvalue weighted by atomic mass is 19.1. The van der Waals surface area contributed by atoms with E-state index >= 15 is 0 Å². The number of hydrogen-bond donors (Lipinski definition) is 0. The van der Waals surface area contributed by atoms with Crippen LogP contribution in [0.15, 0.2) is 18.2 Å². The molecular formula is C16H22FNO. The first kappa shape index (κ1) is 15.7. The van der Waals surface area contributed by atoms with E-state index in [0.29, 0.717) is 6.61 Å². The summed E-state index contributed by atoms with van der Waals surface area (Å²) in [5, 5.41) is 8.72. The molecule has 0 fully saturated rings. The Morgan fingerprint density at radius 1 is 1.16 bits per heavy atom. The fraction of sp³-hybridized carbons (Fsp3) is 0.562. The zero-order valence-electron chi connectivity index (χ0n) is 11.6. The molecular weight excluding hydrogens is 241 g/mol. The molecule has 0 aliphatic carbocycles. The molecule has 0 saturated heterocycles. The number of ether oxygens (including phenoxy) is 1. The molecule has 19 heavy (non-hydrogen) atoms. The Bertz CT molecular complexity index is 412. The number of nitrogens with zero attached hydrogens (tertiary/aromatic N) is 1. The SMILES string of the molecule is CCCCCCCCOCc1ccc(F)c(C#N)c1. The molecule has 0 N–H and O–H groups in total. The standard InChI is InChI=1S/C16H22FNO/c1-2-3-4-5-6-7-10-19-13-14-8-9-16(17)15(11-14)12-18/h8-9,11H,2-7,10,13H2,1H3. The van der Waals surface area contributed by atoms with Gasteiger partial charge < -0.3 is 4.74 Å². The van der Waals surface area contributed by atoms with Gasteiger partial charge in [-0.05, 0) is 24.1 Å². The lowest BCUT2D eigenvalue weighted by molar-refractivity contribution is 0.116. The molecule has 0 spiro atoms. The molecule has 0 saturated carbocycles. The number of halogens is 1. The largest absolute Gasteiger partial charge is 0.377 e. The highest BCUT2D eigenvalue weighted by Gasteiger charge is 2.02. The molecule has 1 aromatic carbocycles. The summed E-state index contributed by atoms with van der Waals surface area (Å²) in [6, 6.07) is 6.37. The lowest BCUT2D eigenvalue weighted by Gasteiger charge is -2.05. The minimum absolute atomic E-state index is 0.0839. The molecule has 1 aromatic rings. The third kappa shape index (κ3) is 6.35. The van der Waals surface area contributed by atoms with Crippen molar-refractivity contribution in [3.05, 3.63) is 35.1 Å². The van der Waals surface area contributed by atoms with Crippen LogP contribution < -0.4 is 0 Å². The maximum atomic E-state index is 13.1. The van der Waals surface area contributed by atoms with E-state index in [4.69, 9.17) is 10.00 Å². The molecule has 104 valence electrons. The smallest absolute Gasteiger partial charge is 0.140 e. The second kappa shape index (κ2) is 9.52. The Kier molecular flexibility index (Phi) is 7.84. The maximum Gasteiger partial charge on any atom is 0.140 e. The third-order valence-corrected chi connectivity index (χ3v) is 3.06. The zero-order chi connectivity index (χ0) is 13.9. The fourth-order valence-electron chi connectivity index (χ4n) is 1.92. The Balaban J connectivity index is 2.14. The van der Waals surface area contributed by atoms with Gasteiger partial charge in [-0.25, -0.2) is 4.39 Å². The van der Waals surface area contributed by atoms with Gasteiger partial charge in [0, 0.05) is 6.61 Å². The summed E-state index contributed by atoms with van der Waals surface area (Å²) < 4.78 is 18.6. The van der Waals surface area contributed by atoms with E-state index in [0.717, 1.165) is 18.6 Å². The van der Waals surface area contributed by atoms with E-state index in [9.17, 15) is 4.39 Å². The van der Waals surface area contributed by atoms with Gasteiger partial charge in [0.05, 0.1) is 12.2 Å². The van der Waals surface area contributed by atoms with Crippen LogP contribution >= 0.6 is 0 Å². The van der Waals surface area contributed by atoms with Crippen molar-refractivity contribution >= 4 is 0 Å². The van der Waals surface area contributed by atoms with Crippen molar-refractivity contribution in [3.8, 4) is 6.07 Å². The van der Waals surface area contributed by atoms with Crippen molar-refractivity contribution in [2.75, 3.05) is 6.61 Å². The predicted molar refractivity (Wildman–Crippen MR) is 74.1 cm³/mol. The van der Waals surface area contributed by atoms with Crippen LogP contribution in [0, 0.1) is 17.1 Å². The van der Waals surface area contributed by atoms with Gasteiger partial charge in [-0.1, -0.05) is 45.1 Å². The fourth-order valence-corrected chi connectivity index (χ4v) is 1.92. The first-order valence-corrected chi connectivity index (χ1v) is 7.04. The molecule has 0 radical (unpaired) electrons. The summed E-state index contributed by atoms with van der Waals surface area (Å²) in [6.45, 7) is 3.39. The highest BCUT2D eigenvalue weighted by Crippen LogP contribution is 2.11. The van der Waals surface area contributed by atoms with E-state index in [-0.39, 0.29) is 5.56 Å². The Hall–Kier alpha value is -1.40. The summed E-state index contributed by atoms with van der Waals surface area (Å²) in [4.78, 5) is 0. The van der Waals surface area contributed by atoms with Crippen LogP contribution in [0.5, 0.6) is 0 Å². The molecule has 0 amide bonds. The molecule has 0 heterocycles. The Morgan fingerprint density at radius 2 is 1.89 bits per heavy atom. The number of benzene rings is 1. The van der Waals surface area contributed by atoms with Crippen LogP contribution in [-0.4, -0.2) is 6.61 Å². The number of unbranched alkanes of at least 4 members (excludes halogenated alkanes) is 5. The maximum absolute atomic E-state index is 13.1. The van der Waals surface area contributed by atoms with Crippen LogP contribution in [0.4, 0.5) is 4.39 Å². The van der Waals surface area contributed by atoms with E-state index < -0.39 is 5.82 Å². The van der Waals surface area contributed by atoms with Crippen LogP contribution in [0.2, 0.25) is 0 Å². The average molecular weight is 263 g/mol. The first-order chi connectivity index (χ1) is 9.27. The summed E-state index contributed by atoms with van der Waals surface area (Å²) in [6.07, 6.45) is 7.42. The molecule has 3 heteroatoms. The summed E-state index contributed by atoms with van der Waals surface area (Å²) in [7, 11) is 0. The van der Waals surface area contributed by atoms with Crippen molar-refractivity contribution in [2.24, 2.45) is 0 Å². The van der Waals surface area contributed by atoms with Crippen molar-refractivity contribution < 1.29 is 9.13 Å². The van der Waals surface area contributed by atoms with Crippen molar-refractivity contribution in [1.82, 2.24) is 0 Å². The van der Waals surface area contributed by atoms with Crippen LogP contribution in [-0.2, 0) is 11.3 Å². The van der Waals surface area contributed by atoms with Gasteiger partial charge in [0.25, 0.3) is 0 Å². The molecule has 0 aromatic heterocycles. The number of rotatable bonds is 9. The molecule has 0 unspecified atom stereocenters. The molecule has 0 aliphatic rings. The minimum atomic E-state index is -0.470. The van der Waals surface area contributed by atoms with E-state index in [1.165, 1.54) is 38.2 Å². The lowest BCUT2D eigenvalue weighted by Crippen LogP contribution is -1.97. The van der Waals surface area contributed by atoms with Crippen LogP contribution in [0.3, 0.4) is 0 Å². The lowest BCUT2D eigenvalue weighted by atomic mass is 10.1. The molecule has 0 bridgehead atoms. The highest BCUT2D eigenvalue weighted by molar-refractivity contribution is 5.34. The van der Waals surface area contributed by atoms with E-state index in [1.54, 1.807) is 12.1 Å². The average Bonchev–Trinajstić information content (AvgIpc) is 2.43. The monoisotopic (exact) mass is 263 g/mol. The second-order valence-corrected chi connectivity index (χ2v) is 4.75. The Labute approximate surface area is 115 Å². The van der Waals surface area contributed by atoms with E-state index in [2.05, 4.69) is 6.92 Å². The van der Waals surface area contributed by atoms with Crippen LogP contribution in [0.25, 0.3) is 0 Å². The summed E-state index contributed by atoms with van der Waals surface area (Å²) in [5.41, 5.74) is 0.935. The normalized spacial score (nSPS) is 10.4. The van der Waals surface area contributed by atoms with Gasteiger partial charge >= 0.3 is 0 Å². The van der Waals surface area contributed by atoms with Crippen molar-refractivity contribution in [1.29, 1.82) is 5.26 Å². The summed E-state index contributed by atoms with van der Waals surface area (Å²) >= 11 is 0. The minimum Gasteiger partial charge on any atom is -0.377 e. The van der Waals surface area contributed by atoms with Crippen LogP contribution in [0.1, 0.15) is 56.6 Å². The zero-order valence-corrected chi connectivity index (χ0v) is 11.6. The van der Waals surface area contributed by atoms with Gasteiger partial charge in [0.15, 0.2) is 0 Å². The predicted octanol–water partition coefficient (Wildman–Crippen LogP) is 4.57. The van der Waals surface area contributed by atoms with E-state index in [1.807, 2.05) is 6.07 Å². The molecule has 0 atom stereocenters. The number of hydrogen-bond acceptors (Lipinski definition) is 2. The van der Waals surface area contributed by atoms with Gasteiger partial charge in [-0.15, -0.1) is 0 Å². The quantitative estimate of drug-likeness (QED) is 0.611. The molecule has 2 nitrogen and oxygen atoms in total. The topological polar surface area (TPSA) is 33.0 Å². The Morgan fingerprint density at radius 3 is 2.63 bits per heavy atom. The van der Waals surface area contributed by atoms with Gasteiger partial charge in [0.1, 0.15) is 11.9 Å². The third-order valence-electron chi connectivity index (χ3n) is 3.06. The van der Waals surface area contributed by atoms with Crippen molar-refractivity contribution in [3.63, 3.8) is 0 Å². The first-order valence-electron chi connectivity index (χ1n) is 7.04. The van der Waals surface area contributed by atoms with Crippen molar-refractivity contribution in [2.45, 2.75) is 52.1 Å². The van der Waals surface area contributed by atoms with Gasteiger partial charge in [-0.2, -0.15) is 5.26 Å². The van der Waals surface area contributed by atoms with Gasteiger partial charge in [0.2, 0.25) is 0 Å².